The van der Waals surface area contributed by atoms with Gasteiger partial charge in [-0.15, -0.1) is 0 Å². The molecule has 3 atom stereocenters. The number of likely N-dealkylation sites (tertiary alicyclic amines) is 1. The number of amides is 3. The Bertz CT molecular complexity index is 953. The number of nitrogens with two attached hydrogens (primary N) is 1. The molecule has 1 fully saturated rings. The zero-order chi connectivity index (χ0) is 22.5. The third-order valence-electron chi connectivity index (χ3n) is 5.89. The van der Waals surface area contributed by atoms with Crippen LogP contribution in [0.1, 0.15) is 40.0 Å². The minimum atomic E-state index is -0.712. The molecule has 0 aliphatic carbocycles. The minimum absolute atomic E-state index is 0.122. The summed E-state index contributed by atoms with van der Waals surface area (Å²) in [5.74, 6) is -0.906. The van der Waals surface area contributed by atoms with Crippen molar-refractivity contribution in [3.63, 3.8) is 0 Å². The lowest BCUT2D eigenvalue weighted by molar-refractivity contribution is -0.141. The molecule has 3 rings (SSSR count). The molecule has 2 aromatic rings. The summed E-state index contributed by atoms with van der Waals surface area (Å²) in [5.41, 5.74) is 6.55. The molecule has 3 amide bonds. The zero-order valence-corrected chi connectivity index (χ0v) is 18.4. The SMILES string of the molecule is CC[C@H](N)C(=O)N[C@H](C(=O)N1CCC[C@H]1C(=O)Nc1cccc2ccccc12)C(C)C. The van der Waals surface area contributed by atoms with Crippen LogP contribution in [0.3, 0.4) is 0 Å². The van der Waals surface area contributed by atoms with E-state index in [0.717, 1.165) is 22.9 Å². The average molecular weight is 425 g/mol. The highest BCUT2D eigenvalue weighted by atomic mass is 16.2. The monoisotopic (exact) mass is 424 g/mol. The predicted octanol–water partition coefficient (Wildman–Crippen LogP) is 2.65. The van der Waals surface area contributed by atoms with E-state index in [1.54, 1.807) is 4.90 Å². The fourth-order valence-corrected chi connectivity index (χ4v) is 3.99. The van der Waals surface area contributed by atoms with E-state index < -0.39 is 18.1 Å². The molecule has 0 spiro atoms. The summed E-state index contributed by atoms with van der Waals surface area (Å²) >= 11 is 0. The Balaban J connectivity index is 1.76. The van der Waals surface area contributed by atoms with Crippen molar-refractivity contribution in [2.24, 2.45) is 11.7 Å². The molecule has 166 valence electrons. The number of rotatable bonds is 7. The number of fused-ring (bicyclic) bond motifs is 1. The first-order valence-electron chi connectivity index (χ1n) is 11.0. The number of carbonyl (C=O) groups is 3. The van der Waals surface area contributed by atoms with E-state index >= 15 is 0 Å². The standard InChI is InChI=1S/C24H32N4O3/c1-4-18(25)22(29)27-21(15(2)3)24(31)28-14-8-13-20(28)23(30)26-19-12-7-10-16-9-5-6-11-17(16)19/h5-7,9-12,15,18,20-21H,4,8,13-14,25H2,1-3H3,(H,26,30)(H,27,29)/t18-,20-,21-/m0/s1. The van der Waals surface area contributed by atoms with E-state index in [9.17, 15) is 14.4 Å². The normalized spacial score (nSPS) is 18.1. The molecule has 31 heavy (non-hydrogen) atoms. The van der Waals surface area contributed by atoms with Gasteiger partial charge in [-0.2, -0.15) is 0 Å². The van der Waals surface area contributed by atoms with Gasteiger partial charge < -0.3 is 21.3 Å². The first-order valence-corrected chi connectivity index (χ1v) is 11.0. The molecule has 0 unspecified atom stereocenters. The largest absolute Gasteiger partial charge is 0.343 e. The van der Waals surface area contributed by atoms with Gasteiger partial charge in [0.1, 0.15) is 12.1 Å². The van der Waals surface area contributed by atoms with E-state index in [1.165, 1.54) is 0 Å². The molecule has 7 nitrogen and oxygen atoms in total. The maximum absolute atomic E-state index is 13.3. The predicted molar refractivity (Wildman–Crippen MR) is 122 cm³/mol. The maximum Gasteiger partial charge on any atom is 0.247 e. The van der Waals surface area contributed by atoms with Crippen molar-refractivity contribution in [2.75, 3.05) is 11.9 Å². The van der Waals surface area contributed by atoms with Gasteiger partial charge in [-0.1, -0.05) is 57.2 Å². The maximum atomic E-state index is 13.3. The van der Waals surface area contributed by atoms with Crippen LogP contribution in [0.5, 0.6) is 0 Å². The number of anilines is 1. The van der Waals surface area contributed by atoms with Gasteiger partial charge in [0, 0.05) is 17.6 Å². The van der Waals surface area contributed by atoms with Gasteiger partial charge in [-0.3, -0.25) is 14.4 Å². The second-order valence-electron chi connectivity index (χ2n) is 8.45. The molecule has 4 N–H and O–H groups in total. The molecule has 0 aromatic heterocycles. The van der Waals surface area contributed by atoms with Crippen LogP contribution in [-0.4, -0.2) is 47.3 Å². The summed E-state index contributed by atoms with van der Waals surface area (Å²) in [6, 6.07) is 11.7. The highest BCUT2D eigenvalue weighted by Gasteiger charge is 2.39. The van der Waals surface area contributed by atoms with Crippen LogP contribution in [0.25, 0.3) is 10.8 Å². The van der Waals surface area contributed by atoms with Crippen LogP contribution in [-0.2, 0) is 14.4 Å². The first kappa shape index (κ1) is 22.7. The van der Waals surface area contributed by atoms with Crippen molar-refractivity contribution in [1.29, 1.82) is 0 Å². The van der Waals surface area contributed by atoms with Crippen molar-refractivity contribution in [3.8, 4) is 0 Å². The number of benzene rings is 2. The zero-order valence-electron chi connectivity index (χ0n) is 18.4. The quantitative estimate of drug-likeness (QED) is 0.635. The summed E-state index contributed by atoms with van der Waals surface area (Å²) in [7, 11) is 0. The second kappa shape index (κ2) is 9.92. The first-order chi connectivity index (χ1) is 14.8. The minimum Gasteiger partial charge on any atom is -0.343 e. The summed E-state index contributed by atoms with van der Waals surface area (Å²) in [6.07, 6.45) is 1.83. The molecular formula is C24H32N4O3. The molecule has 1 heterocycles. The average Bonchev–Trinajstić information content (AvgIpc) is 3.26. The summed E-state index contributed by atoms with van der Waals surface area (Å²) in [4.78, 5) is 40.3. The Labute approximate surface area is 183 Å². The molecule has 1 aliphatic heterocycles. The van der Waals surface area contributed by atoms with Crippen molar-refractivity contribution >= 4 is 34.2 Å². The summed E-state index contributed by atoms with van der Waals surface area (Å²) < 4.78 is 0. The Kier molecular flexibility index (Phi) is 7.28. The number of carbonyl (C=O) groups excluding carboxylic acids is 3. The van der Waals surface area contributed by atoms with Crippen LogP contribution in [0.15, 0.2) is 42.5 Å². The van der Waals surface area contributed by atoms with Gasteiger partial charge in [0.2, 0.25) is 17.7 Å². The van der Waals surface area contributed by atoms with E-state index in [-0.39, 0.29) is 23.6 Å². The van der Waals surface area contributed by atoms with Crippen LogP contribution < -0.4 is 16.4 Å². The fourth-order valence-electron chi connectivity index (χ4n) is 3.99. The van der Waals surface area contributed by atoms with E-state index in [1.807, 2.05) is 63.2 Å². The van der Waals surface area contributed by atoms with Gasteiger partial charge in [0.15, 0.2) is 0 Å². The molecular weight excluding hydrogens is 392 g/mol. The summed E-state index contributed by atoms with van der Waals surface area (Å²) in [5, 5.41) is 7.79. The van der Waals surface area contributed by atoms with E-state index in [4.69, 9.17) is 5.73 Å². The topological polar surface area (TPSA) is 105 Å². The number of hydrogen-bond acceptors (Lipinski definition) is 4. The Morgan fingerprint density at radius 2 is 1.84 bits per heavy atom. The van der Waals surface area contributed by atoms with Crippen molar-refractivity contribution in [1.82, 2.24) is 10.2 Å². The van der Waals surface area contributed by atoms with Crippen molar-refractivity contribution in [3.05, 3.63) is 42.5 Å². The number of nitrogens with zero attached hydrogens (tertiary/aromatic N) is 1. The van der Waals surface area contributed by atoms with Crippen LogP contribution >= 0.6 is 0 Å². The molecule has 0 bridgehead atoms. The van der Waals surface area contributed by atoms with E-state index in [2.05, 4.69) is 10.6 Å². The molecule has 1 aliphatic rings. The smallest absolute Gasteiger partial charge is 0.247 e. The summed E-state index contributed by atoms with van der Waals surface area (Å²) in [6.45, 7) is 6.07. The second-order valence-corrected chi connectivity index (χ2v) is 8.45. The van der Waals surface area contributed by atoms with Gasteiger partial charge in [-0.25, -0.2) is 0 Å². The molecule has 0 radical (unpaired) electrons. The lowest BCUT2D eigenvalue weighted by atomic mass is 10.0. The number of hydrogen-bond donors (Lipinski definition) is 3. The van der Waals surface area contributed by atoms with Crippen molar-refractivity contribution < 1.29 is 14.4 Å². The molecule has 0 saturated carbocycles. The van der Waals surface area contributed by atoms with Crippen molar-refractivity contribution in [2.45, 2.75) is 58.2 Å². The van der Waals surface area contributed by atoms with Crippen LogP contribution in [0.2, 0.25) is 0 Å². The van der Waals surface area contributed by atoms with Crippen LogP contribution in [0, 0.1) is 5.92 Å². The Hall–Kier alpha value is -2.93. The third kappa shape index (κ3) is 5.05. The molecule has 1 saturated heterocycles. The number of nitrogens with one attached hydrogen (secondary N) is 2. The lowest BCUT2D eigenvalue weighted by Gasteiger charge is -2.31. The Morgan fingerprint density at radius 1 is 1.13 bits per heavy atom. The van der Waals surface area contributed by atoms with Gasteiger partial charge in [0.25, 0.3) is 0 Å². The third-order valence-corrected chi connectivity index (χ3v) is 5.89. The fraction of sp³-hybridized carbons (Fsp3) is 0.458. The molecule has 2 aromatic carbocycles. The van der Waals surface area contributed by atoms with E-state index in [0.29, 0.717) is 19.4 Å². The van der Waals surface area contributed by atoms with Crippen LogP contribution in [0.4, 0.5) is 5.69 Å². The Morgan fingerprint density at radius 3 is 2.55 bits per heavy atom. The lowest BCUT2D eigenvalue weighted by Crippen LogP contribution is -2.56. The van der Waals surface area contributed by atoms with Gasteiger partial charge >= 0.3 is 0 Å². The van der Waals surface area contributed by atoms with Gasteiger partial charge in [0.05, 0.1) is 6.04 Å². The molecule has 7 heteroatoms. The van der Waals surface area contributed by atoms with Gasteiger partial charge in [-0.05, 0) is 36.6 Å². The highest BCUT2D eigenvalue weighted by Crippen LogP contribution is 2.26. The highest BCUT2D eigenvalue weighted by molar-refractivity contribution is 6.05.